The molecule has 2 saturated heterocycles. The van der Waals surface area contributed by atoms with Crippen LogP contribution < -0.4 is 0 Å². The number of hydrogen-bond donors (Lipinski definition) is 2. The summed E-state index contributed by atoms with van der Waals surface area (Å²) in [5.41, 5.74) is 1.38. The first-order valence-corrected chi connectivity index (χ1v) is 21.6. The molecule has 9 rings (SSSR count). The number of aliphatic hydroxyl groups excluding tert-OH is 1. The second kappa shape index (κ2) is 15.2. The lowest BCUT2D eigenvalue weighted by atomic mass is 9.64. The van der Waals surface area contributed by atoms with Gasteiger partial charge in [0.05, 0.1) is 29.8 Å². The maximum Gasteiger partial charge on any atom is 0.313 e. The molecule has 1 amide bonds. The highest BCUT2D eigenvalue weighted by molar-refractivity contribution is 6.10. The van der Waals surface area contributed by atoms with E-state index in [0.717, 1.165) is 41.5 Å². The number of nitrogens with zero attached hydrogens (tertiary/aromatic N) is 1. The van der Waals surface area contributed by atoms with Crippen molar-refractivity contribution in [2.75, 3.05) is 19.7 Å². The number of ether oxygens (including phenoxy) is 2. The first-order valence-electron chi connectivity index (χ1n) is 21.6. The minimum Gasteiger partial charge on any atom is -0.448 e. The smallest absolute Gasteiger partial charge is 0.313 e. The van der Waals surface area contributed by atoms with Crippen molar-refractivity contribution in [3.63, 3.8) is 0 Å². The second-order valence-electron chi connectivity index (χ2n) is 19.2. The lowest BCUT2D eigenvalue weighted by Gasteiger charge is -2.48. The molecule has 2 aliphatic heterocycles. The van der Waals surface area contributed by atoms with E-state index in [1.165, 1.54) is 5.57 Å². The van der Waals surface area contributed by atoms with Crippen molar-refractivity contribution in [2.45, 2.75) is 135 Å². The molecule has 8 heteroatoms. The Balaban J connectivity index is 1.19. The number of carbonyl (C=O) groups excluding carboxylic acids is 3. The van der Waals surface area contributed by atoms with Gasteiger partial charge in [-0.1, -0.05) is 99.2 Å². The second-order valence-corrected chi connectivity index (χ2v) is 19.2. The molecule has 0 spiro atoms. The average Bonchev–Trinajstić information content (AvgIpc) is 3.91. The highest BCUT2D eigenvalue weighted by Crippen LogP contribution is 2.66. The molecule has 8 nitrogen and oxygen atoms in total. The Hall–Kier alpha value is -4.11. The molecule has 0 radical (unpaired) electrons. The minimum atomic E-state index is -1.33. The maximum atomic E-state index is 15.2. The summed E-state index contributed by atoms with van der Waals surface area (Å²) in [7, 11) is 0. The lowest BCUT2D eigenvalue weighted by molar-refractivity contribution is -0.178. The first kappa shape index (κ1) is 40.7. The van der Waals surface area contributed by atoms with E-state index in [4.69, 9.17) is 9.47 Å². The van der Waals surface area contributed by atoms with Gasteiger partial charge in [-0.2, -0.15) is 0 Å². The van der Waals surface area contributed by atoms with Crippen molar-refractivity contribution in [1.29, 1.82) is 0 Å². The van der Waals surface area contributed by atoms with Gasteiger partial charge in [0.1, 0.15) is 0 Å². The summed E-state index contributed by atoms with van der Waals surface area (Å²) in [6.07, 6.45) is 8.45. The van der Waals surface area contributed by atoms with Gasteiger partial charge in [-0.3, -0.25) is 14.4 Å². The molecular formula is C50H61NO7. The van der Waals surface area contributed by atoms with Crippen molar-refractivity contribution < 1.29 is 34.1 Å². The van der Waals surface area contributed by atoms with Crippen LogP contribution in [0.5, 0.6) is 0 Å². The molecular weight excluding hydrogens is 727 g/mol. The van der Waals surface area contributed by atoms with Crippen LogP contribution in [0.25, 0.3) is 11.1 Å². The van der Waals surface area contributed by atoms with Gasteiger partial charge >= 0.3 is 5.97 Å². The number of ketones is 1. The molecule has 7 atom stereocenters. The van der Waals surface area contributed by atoms with Gasteiger partial charge in [-0.25, -0.2) is 0 Å². The van der Waals surface area contributed by atoms with E-state index in [0.29, 0.717) is 75.6 Å². The summed E-state index contributed by atoms with van der Waals surface area (Å²) in [5.74, 6) is -0.853. The standard InChI is InChI=1S/C50H61NO7/c1-33-11-9-24-47(4)42(23-25-49(47,56)32-51(31-39-14-10-28-57-39)44(54)50-27-26-48(5,45(55)58-50)46(50,2)3)40-22-16-34(29-38(52)21-15-33)30-41(40)43(53)37-19-17-36(18-20-37)35-12-7-6-8-13-35/h6-8,11-13,16-20,22,30,38-39,42,52,56H,9-10,14-15,21,23-29,31-32H2,1-5H3/t38-,39+,42-,47-,48-,49+,50+/m0/s1. The number of carbonyl (C=O) groups is 3. The third-order valence-electron chi connectivity index (χ3n) is 15.8. The quantitative estimate of drug-likeness (QED) is 0.133. The zero-order valence-corrected chi connectivity index (χ0v) is 35.0. The number of rotatable bonds is 8. The third-order valence-corrected chi connectivity index (χ3v) is 15.8. The SMILES string of the molecule is CC1=CCC[C@@]2(C)[C@@H](CC[C@@]2(O)CN(C[C@H]2CCCO2)C(=O)[C@@]23CC[C@@](C)(C(=O)O2)C3(C)C)c2ccc(cc2C(=O)c2ccc(-c3ccccc3)cc2)C[C@@H](O)CC1. The fourth-order valence-electron chi connectivity index (χ4n) is 11.3. The van der Waals surface area contributed by atoms with Gasteiger partial charge in [0.15, 0.2) is 11.4 Å². The molecule has 2 saturated carbocycles. The van der Waals surface area contributed by atoms with Crippen LogP contribution in [0.4, 0.5) is 0 Å². The van der Waals surface area contributed by atoms with Crippen molar-refractivity contribution >= 4 is 17.7 Å². The van der Waals surface area contributed by atoms with Crippen LogP contribution >= 0.6 is 0 Å². The van der Waals surface area contributed by atoms with Crippen molar-refractivity contribution in [3.8, 4) is 11.1 Å². The summed E-state index contributed by atoms with van der Waals surface area (Å²) < 4.78 is 12.3. The van der Waals surface area contributed by atoms with Gasteiger partial charge in [0, 0.05) is 35.1 Å². The Morgan fingerprint density at radius 1 is 0.879 bits per heavy atom. The Labute approximate surface area is 344 Å². The number of hydrogen-bond acceptors (Lipinski definition) is 7. The predicted molar refractivity (Wildman–Crippen MR) is 224 cm³/mol. The summed E-state index contributed by atoms with van der Waals surface area (Å²) in [6.45, 7) is 11.2. The molecule has 2 N–H and O–H groups in total. The molecule has 4 fully saturated rings. The van der Waals surface area contributed by atoms with Gasteiger partial charge < -0.3 is 24.6 Å². The predicted octanol–water partition coefficient (Wildman–Crippen LogP) is 8.75. The molecule has 58 heavy (non-hydrogen) atoms. The highest BCUT2D eigenvalue weighted by atomic mass is 16.6. The molecule has 3 aromatic rings. The normalized spacial score (nSPS) is 33.0. The van der Waals surface area contributed by atoms with E-state index >= 15 is 4.79 Å². The molecule has 4 aliphatic carbocycles. The molecule has 6 aliphatic rings. The number of allylic oxidation sites excluding steroid dienone is 2. The van der Waals surface area contributed by atoms with E-state index in [2.05, 4.69) is 38.1 Å². The van der Waals surface area contributed by atoms with Crippen LogP contribution in [0.3, 0.4) is 0 Å². The van der Waals surface area contributed by atoms with E-state index in [9.17, 15) is 19.8 Å². The van der Waals surface area contributed by atoms with Crippen LogP contribution in [0.15, 0.2) is 84.4 Å². The summed E-state index contributed by atoms with van der Waals surface area (Å²) >= 11 is 0. The van der Waals surface area contributed by atoms with Crippen LogP contribution in [-0.4, -0.2) is 75.9 Å². The minimum absolute atomic E-state index is 0.0714. The Kier molecular flexibility index (Phi) is 10.6. The van der Waals surface area contributed by atoms with Gasteiger partial charge in [-0.05, 0) is 119 Å². The van der Waals surface area contributed by atoms with E-state index < -0.39 is 33.6 Å². The van der Waals surface area contributed by atoms with E-state index in [1.807, 2.05) is 75.4 Å². The number of benzene rings is 3. The van der Waals surface area contributed by atoms with Gasteiger partial charge in [0.2, 0.25) is 0 Å². The topological polar surface area (TPSA) is 113 Å². The number of aliphatic hydroxyl groups is 2. The summed E-state index contributed by atoms with van der Waals surface area (Å²) in [4.78, 5) is 45.1. The lowest BCUT2D eigenvalue weighted by Crippen LogP contribution is -2.61. The van der Waals surface area contributed by atoms with Crippen LogP contribution in [0, 0.1) is 16.2 Å². The van der Waals surface area contributed by atoms with Crippen molar-refractivity contribution in [1.82, 2.24) is 4.90 Å². The fraction of sp³-hybridized carbons (Fsp3) is 0.540. The zero-order valence-electron chi connectivity index (χ0n) is 35.0. The van der Waals surface area contributed by atoms with Crippen LogP contribution in [0.2, 0.25) is 0 Å². The molecule has 308 valence electrons. The summed E-state index contributed by atoms with van der Waals surface area (Å²) in [5, 5.41) is 24.5. The number of esters is 1. The monoisotopic (exact) mass is 787 g/mol. The fourth-order valence-corrected chi connectivity index (χ4v) is 11.3. The van der Waals surface area contributed by atoms with Gasteiger partial charge in [-0.15, -0.1) is 0 Å². The average molecular weight is 788 g/mol. The zero-order chi connectivity index (χ0) is 41.1. The molecule has 0 unspecified atom stereocenters. The van der Waals surface area contributed by atoms with Gasteiger partial charge in [0.25, 0.3) is 5.91 Å². The Morgan fingerprint density at radius 2 is 1.62 bits per heavy atom. The Bertz CT molecular complexity index is 2090. The largest absolute Gasteiger partial charge is 0.448 e. The van der Waals surface area contributed by atoms with Crippen molar-refractivity contribution in [3.05, 3.63) is 107 Å². The summed E-state index contributed by atoms with van der Waals surface area (Å²) in [6, 6.07) is 23.9. The maximum absolute atomic E-state index is 15.2. The van der Waals surface area contributed by atoms with Crippen LogP contribution in [-0.2, 0) is 25.5 Å². The Morgan fingerprint density at radius 3 is 2.29 bits per heavy atom. The molecule has 2 heterocycles. The van der Waals surface area contributed by atoms with E-state index in [1.54, 1.807) is 4.90 Å². The highest BCUT2D eigenvalue weighted by Gasteiger charge is 2.76. The van der Waals surface area contributed by atoms with Crippen molar-refractivity contribution in [2.24, 2.45) is 16.2 Å². The number of amides is 1. The molecule has 3 aromatic carbocycles. The first-order chi connectivity index (χ1) is 27.6. The molecule has 4 bridgehead atoms. The molecule has 0 aromatic heterocycles. The van der Waals surface area contributed by atoms with E-state index in [-0.39, 0.29) is 36.2 Å². The number of fused-ring (bicyclic) bond motifs is 10. The third kappa shape index (κ3) is 6.67. The van der Waals surface area contributed by atoms with Crippen LogP contribution in [0.1, 0.15) is 132 Å².